The van der Waals surface area contributed by atoms with Crippen LogP contribution in [0.5, 0.6) is 0 Å². The largest absolute Gasteiger partial charge is 0.354 e. The number of hydrogen-bond acceptors (Lipinski definition) is 5. The van der Waals surface area contributed by atoms with Crippen LogP contribution < -0.4 is 10.2 Å². The number of ether oxygens (including phenoxy) is 2. The number of pyridine rings is 1. The van der Waals surface area contributed by atoms with Gasteiger partial charge in [-0.3, -0.25) is 4.79 Å². The zero-order chi connectivity index (χ0) is 17.6. The second-order valence-electron chi connectivity index (χ2n) is 5.95. The van der Waals surface area contributed by atoms with Crippen molar-refractivity contribution in [2.75, 3.05) is 32.2 Å². The van der Waals surface area contributed by atoms with Gasteiger partial charge in [0.15, 0.2) is 6.29 Å². The molecule has 2 aromatic rings. The van der Waals surface area contributed by atoms with Crippen LogP contribution in [0.3, 0.4) is 0 Å². The maximum atomic E-state index is 12.3. The summed E-state index contributed by atoms with van der Waals surface area (Å²) in [7, 11) is 3.08. The Hall–Kier alpha value is -2.44. The monoisotopic (exact) mass is 341 g/mol. The minimum atomic E-state index is -0.455. The van der Waals surface area contributed by atoms with E-state index < -0.39 is 6.29 Å². The maximum absolute atomic E-state index is 12.3. The van der Waals surface area contributed by atoms with E-state index in [0.717, 1.165) is 25.3 Å². The van der Waals surface area contributed by atoms with Gasteiger partial charge in [0.1, 0.15) is 5.82 Å². The molecule has 0 fully saturated rings. The molecule has 25 heavy (non-hydrogen) atoms. The van der Waals surface area contributed by atoms with Crippen molar-refractivity contribution in [1.29, 1.82) is 0 Å². The SMILES string of the molecule is COC(CNC(=O)c1ccnc(N2CCc3ccccc3C2)c1)OC. The van der Waals surface area contributed by atoms with Crippen LogP contribution in [-0.4, -0.2) is 44.5 Å². The van der Waals surface area contributed by atoms with Crippen LogP contribution in [0.1, 0.15) is 21.5 Å². The Morgan fingerprint density at radius 1 is 1.24 bits per heavy atom. The first-order valence-electron chi connectivity index (χ1n) is 8.33. The molecule has 6 nitrogen and oxygen atoms in total. The van der Waals surface area contributed by atoms with Crippen molar-refractivity contribution >= 4 is 11.7 Å². The lowest BCUT2D eigenvalue weighted by atomic mass is 10.00. The summed E-state index contributed by atoms with van der Waals surface area (Å²) in [5.41, 5.74) is 3.28. The van der Waals surface area contributed by atoms with Crippen LogP contribution in [0.15, 0.2) is 42.6 Å². The Morgan fingerprint density at radius 3 is 2.76 bits per heavy atom. The lowest BCUT2D eigenvalue weighted by Gasteiger charge is -2.30. The number of benzene rings is 1. The van der Waals surface area contributed by atoms with Gasteiger partial charge in [-0.2, -0.15) is 0 Å². The van der Waals surface area contributed by atoms with E-state index in [-0.39, 0.29) is 5.91 Å². The van der Waals surface area contributed by atoms with Crippen molar-refractivity contribution in [3.63, 3.8) is 0 Å². The molecule has 0 aliphatic carbocycles. The Morgan fingerprint density at radius 2 is 2.00 bits per heavy atom. The molecule has 0 saturated carbocycles. The fraction of sp³-hybridized carbons (Fsp3) is 0.368. The van der Waals surface area contributed by atoms with Gasteiger partial charge in [0, 0.05) is 39.1 Å². The maximum Gasteiger partial charge on any atom is 0.251 e. The molecule has 1 aromatic heterocycles. The van der Waals surface area contributed by atoms with Crippen molar-refractivity contribution in [1.82, 2.24) is 10.3 Å². The van der Waals surface area contributed by atoms with E-state index in [4.69, 9.17) is 9.47 Å². The number of hydrogen-bond donors (Lipinski definition) is 1. The van der Waals surface area contributed by atoms with Crippen molar-refractivity contribution in [3.05, 3.63) is 59.3 Å². The molecule has 0 saturated heterocycles. The summed E-state index contributed by atoms with van der Waals surface area (Å²) < 4.78 is 10.2. The van der Waals surface area contributed by atoms with Gasteiger partial charge >= 0.3 is 0 Å². The number of aromatic nitrogens is 1. The lowest BCUT2D eigenvalue weighted by molar-refractivity contribution is -0.0974. The highest BCUT2D eigenvalue weighted by Gasteiger charge is 2.18. The highest BCUT2D eigenvalue weighted by atomic mass is 16.7. The number of amides is 1. The molecular formula is C19H23N3O3. The van der Waals surface area contributed by atoms with Crippen molar-refractivity contribution < 1.29 is 14.3 Å². The van der Waals surface area contributed by atoms with Crippen LogP contribution >= 0.6 is 0 Å². The van der Waals surface area contributed by atoms with Crippen LogP contribution in [0.2, 0.25) is 0 Å². The number of carbonyl (C=O) groups excluding carboxylic acids is 1. The molecule has 0 bridgehead atoms. The summed E-state index contributed by atoms with van der Waals surface area (Å²) in [5.74, 6) is 0.650. The molecule has 0 unspecified atom stereocenters. The van der Waals surface area contributed by atoms with Gasteiger partial charge in [-0.25, -0.2) is 4.98 Å². The van der Waals surface area contributed by atoms with Gasteiger partial charge in [0.2, 0.25) is 0 Å². The molecule has 1 aliphatic rings. The normalized spacial score (nSPS) is 13.6. The van der Waals surface area contributed by atoms with Gasteiger partial charge in [0.05, 0.1) is 6.54 Å². The second kappa shape index (κ2) is 8.09. The first kappa shape index (κ1) is 17.4. The molecule has 6 heteroatoms. The Balaban J connectivity index is 1.69. The first-order chi connectivity index (χ1) is 12.2. The summed E-state index contributed by atoms with van der Waals surface area (Å²) >= 11 is 0. The summed E-state index contributed by atoms with van der Waals surface area (Å²) in [6.45, 7) is 1.99. The fourth-order valence-electron chi connectivity index (χ4n) is 2.96. The predicted octanol–water partition coefficient (Wildman–Crippen LogP) is 1.99. The Labute approximate surface area is 147 Å². The average Bonchev–Trinajstić information content (AvgIpc) is 2.68. The van der Waals surface area contributed by atoms with Gasteiger partial charge in [-0.05, 0) is 29.7 Å². The van der Waals surface area contributed by atoms with Crippen molar-refractivity contribution in [2.45, 2.75) is 19.3 Å². The van der Waals surface area contributed by atoms with Gasteiger partial charge in [0.25, 0.3) is 5.91 Å². The highest BCUT2D eigenvalue weighted by Crippen LogP contribution is 2.23. The first-order valence-corrected chi connectivity index (χ1v) is 8.33. The van der Waals surface area contributed by atoms with E-state index >= 15 is 0 Å². The standard InChI is InChI=1S/C19H23N3O3/c1-24-18(25-2)12-21-19(23)15-7-9-20-17(11-15)22-10-8-14-5-3-4-6-16(14)13-22/h3-7,9,11,18H,8,10,12-13H2,1-2H3,(H,21,23). The molecule has 1 aliphatic heterocycles. The van der Waals surface area contributed by atoms with E-state index in [2.05, 4.69) is 39.5 Å². The third-order valence-electron chi connectivity index (χ3n) is 4.42. The Bertz CT molecular complexity index is 731. The molecular weight excluding hydrogens is 318 g/mol. The second-order valence-corrected chi connectivity index (χ2v) is 5.95. The van der Waals surface area contributed by atoms with Crippen LogP contribution in [0.25, 0.3) is 0 Å². The summed E-state index contributed by atoms with van der Waals surface area (Å²) in [6, 6.07) is 12.0. The third kappa shape index (κ3) is 4.15. The third-order valence-corrected chi connectivity index (χ3v) is 4.42. The minimum Gasteiger partial charge on any atom is -0.354 e. The molecule has 0 spiro atoms. The van der Waals surface area contributed by atoms with Gasteiger partial charge < -0.3 is 19.7 Å². The molecule has 1 N–H and O–H groups in total. The van der Waals surface area contributed by atoms with E-state index in [1.807, 2.05) is 6.07 Å². The number of methoxy groups -OCH3 is 2. The van der Waals surface area contributed by atoms with Gasteiger partial charge in [-0.1, -0.05) is 24.3 Å². The molecule has 3 rings (SSSR count). The number of rotatable bonds is 6. The smallest absolute Gasteiger partial charge is 0.251 e. The lowest BCUT2D eigenvalue weighted by Crippen LogP contribution is -2.34. The van der Waals surface area contributed by atoms with Gasteiger partial charge in [-0.15, -0.1) is 0 Å². The van der Waals surface area contributed by atoms with E-state index in [1.54, 1.807) is 26.5 Å². The summed E-state index contributed by atoms with van der Waals surface area (Å²) in [6.07, 6.45) is 2.20. The number of carbonyl (C=O) groups is 1. The van der Waals surface area contributed by atoms with Crippen molar-refractivity contribution in [3.8, 4) is 0 Å². The number of nitrogens with one attached hydrogen (secondary N) is 1. The molecule has 1 amide bonds. The number of anilines is 1. The topological polar surface area (TPSA) is 63.7 Å². The zero-order valence-corrected chi connectivity index (χ0v) is 14.6. The summed E-state index contributed by atoms with van der Waals surface area (Å²) in [5, 5.41) is 2.81. The van der Waals surface area contributed by atoms with E-state index in [0.29, 0.717) is 12.1 Å². The highest BCUT2D eigenvalue weighted by molar-refractivity contribution is 5.94. The summed E-state index contributed by atoms with van der Waals surface area (Å²) in [4.78, 5) is 19.0. The molecule has 1 aromatic carbocycles. The zero-order valence-electron chi connectivity index (χ0n) is 14.6. The number of fused-ring (bicyclic) bond motifs is 1. The average molecular weight is 341 g/mol. The van der Waals surface area contributed by atoms with E-state index in [1.165, 1.54) is 11.1 Å². The quantitative estimate of drug-likeness (QED) is 0.814. The van der Waals surface area contributed by atoms with E-state index in [9.17, 15) is 4.79 Å². The van der Waals surface area contributed by atoms with Crippen LogP contribution in [0.4, 0.5) is 5.82 Å². The molecule has 132 valence electrons. The minimum absolute atomic E-state index is 0.167. The molecule has 2 heterocycles. The van der Waals surface area contributed by atoms with Crippen molar-refractivity contribution in [2.24, 2.45) is 0 Å². The number of nitrogens with zero attached hydrogens (tertiary/aromatic N) is 2. The van der Waals surface area contributed by atoms with Crippen LogP contribution in [-0.2, 0) is 22.4 Å². The molecule has 0 radical (unpaired) electrons. The fourth-order valence-corrected chi connectivity index (χ4v) is 2.96. The predicted molar refractivity (Wildman–Crippen MR) is 95.6 cm³/mol. The Kier molecular flexibility index (Phi) is 5.63. The van der Waals surface area contributed by atoms with Crippen LogP contribution in [0, 0.1) is 0 Å². The molecule has 0 atom stereocenters.